The third kappa shape index (κ3) is 2.99. The van der Waals surface area contributed by atoms with Crippen LogP contribution in [0.5, 0.6) is 0 Å². The van der Waals surface area contributed by atoms with E-state index >= 15 is 0 Å². The molecule has 3 aromatic rings. The molecule has 1 saturated heterocycles. The van der Waals surface area contributed by atoms with Crippen LogP contribution in [-0.2, 0) is 6.54 Å². The molecule has 3 heterocycles. The van der Waals surface area contributed by atoms with Gasteiger partial charge < -0.3 is 8.94 Å². The number of likely N-dealkylation sites (tertiary alicyclic amines) is 1. The Labute approximate surface area is 146 Å². The summed E-state index contributed by atoms with van der Waals surface area (Å²) in [4.78, 5) is 2.38. The van der Waals surface area contributed by atoms with Gasteiger partial charge in [0.25, 0.3) is 0 Å². The molecule has 124 valence electrons. The highest BCUT2D eigenvalue weighted by atomic mass is 35.5. The van der Waals surface area contributed by atoms with E-state index in [1.807, 2.05) is 49.4 Å². The van der Waals surface area contributed by atoms with E-state index < -0.39 is 0 Å². The first-order valence-electron chi connectivity index (χ1n) is 8.21. The molecule has 0 saturated carbocycles. The van der Waals surface area contributed by atoms with E-state index in [1.165, 1.54) is 0 Å². The number of hydrogen-bond donors (Lipinski definition) is 0. The minimum Gasteiger partial charge on any atom is -0.460 e. The van der Waals surface area contributed by atoms with Gasteiger partial charge in [-0.2, -0.15) is 0 Å². The molecule has 0 aliphatic carbocycles. The van der Waals surface area contributed by atoms with Crippen LogP contribution in [0.25, 0.3) is 11.3 Å². The zero-order chi connectivity index (χ0) is 16.5. The van der Waals surface area contributed by atoms with Gasteiger partial charge in [0.2, 0.25) is 0 Å². The molecule has 0 spiro atoms. The molecule has 1 atom stereocenters. The van der Waals surface area contributed by atoms with Crippen LogP contribution >= 0.6 is 11.6 Å². The summed E-state index contributed by atoms with van der Waals surface area (Å²) in [5, 5.41) is 4.72. The second-order valence-electron chi connectivity index (χ2n) is 6.24. The van der Waals surface area contributed by atoms with Gasteiger partial charge in [0.1, 0.15) is 11.5 Å². The molecule has 2 aromatic heterocycles. The van der Waals surface area contributed by atoms with Crippen LogP contribution in [0.15, 0.2) is 51.4 Å². The van der Waals surface area contributed by atoms with Crippen molar-refractivity contribution in [3.05, 3.63) is 64.7 Å². The topological polar surface area (TPSA) is 42.4 Å². The van der Waals surface area contributed by atoms with Crippen LogP contribution < -0.4 is 0 Å². The summed E-state index contributed by atoms with van der Waals surface area (Å²) >= 11 is 6.25. The number of aryl methyl sites for hydroxylation is 1. The Morgan fingerprint density at radius 1 is 1.25 bits per heavy atom. The predicted octanol–water partition coefficient (Wildman–Crippen LogP) is 5.23. The molecular weight excluding hydrogens is 324 g/mol. The van der Waals surface area contributed by atoms with Crippen LogP contribution in [0.2, 0.25) is 5.02 Å². The first-order chi connectivity index (χ1) is 11.7. The highest BCUT2D eigenvalue weighted by Gasteiger charge is 2.29. The van der Waals surface area contributed by atoms with Crippen molar-refractivity contribution in [2.45, 2.75) is 32.4 Å². The fourth-order valence-electron chi connectivity index (χ4n) is 3.35. The van der Waals surface area contributed by atoms with Gasteiger partial charge in [-0.3, -0.25) is 4.90 Å². The fourth-order valence-corrected chi connectivity index (χ4v) is 3.58. The van der Waals surface area contributed by atoms with Crippen molar-refractivity contribution in [2.75, 3.05) is 6.54 Å². The Morgan fingerprint density at radius 2 is 2.12 bits per heavy atom. The normalized spacial score (nSPS) is 18.3. The van der Waals surface area contributed by atoms with Crippen molar-refractivity contribution in [1.29, 1.82) is 0 Å². The summed E-state index contributed by atoms with van der Waals surface area (Å²) in [6.07, 6.45) is 2.25. The molecule has 0 radical (unpaired) electrons. The van der Waals surface area contributed by atoms with Gasteiger partial charge in [0, 0.05) is 11.6 Å². The van der Waals surface area contributed by atoms with Gasteiger partial charge in [-0.15, -0.1) is 0 Å². The Kier molecular flexibility index (Phi) is 4.17. The van der Waals surface area contributed by atoms with Gasteiger partial charge >= 0.3 is 0 Å². The average Bonchev–Trinajstić information content (AvgIpc) is 3.29. The van der Waals surface area contributed by atoms with Crippen LogP contribution in [0.4, 0.5) is 0 Å². The van der Waals surface area contributed by atoms with E-state index in [4.69, 9.17) is 20.5 Å². The molecule has 0 bridgehead atoms. The second kappa shape index (κ2) is 6.46. The van der Waals surface area contributed by atoms with Gasteiger partial charge in [-0.1, -0.05) is 28.9 Å². The first kappa shape index (κ1) is 15.5. The number of rotatable bonds is 4. The van der Waals surface area contributed by atoms with Crippen LogP contribution in [-0.4, -0.2) is 16.6 Å². The number of aromatic nitrogens is 1. The van der Waals surface area contributed by atoms with Gasteiger partial charge in [-0.25, -0.2) is 0 Å². The van der Waals surface area contributed by atoms with E-state index in [9.17, 15) is 0 Å². The lowest BCUT2D eigenvalue weighted by Gasteiger charge is -2.20. The van der Waals surface area contributed by atoms with Crippen molar-refractivity contribution < 1.29 is 8.94 Å². The summed E-state index contributed by atoms with van der Waals surface area (Å²) in [6.45, 7) is 3.75. The van der Waals surface area contributed by atoms with Crippen molar-refractivity contribution in [1.82, 2.24) is 10.1 Å². The van der Waals surface area contributed by atoms with Crippen LogP contribution in [0, 0.1) is 6.92 Å². The number of hydrogen-bond acceptors (Lipinski definition) is 4. The molecule has 4 rings (SSSR count). The average molecular weight is 343 g/mol. The van der Waals surface area contributed by atoms with Crippen LogP contribution in [0.3, 0.4) is 0 Å². The molecule has 0 N–H and O–H groups in total. The minimum absolute atomic E-state index is 0.278. The molecule has 1 aliphatic rings. The Balaban J connectivity index is 1.52. The van der Waals surface area contributed by atoms with Crippen LogP contribution in [0.1, 0.15) is 36.1 Å². The maximum atomic E-state index is 6.25. The van der Waals surface area contributed by atoms with E-state index in [2.05, 4.69) is 10.1 Å². The lowest BCUT2D eigenvalue weighted by molar-refractivity contribution is 0.194. The SMILES string of the molecule is Cc1cc(C2CCCN2Cc2ccc(-c3ccccc3Cl)o2)on1. The van der Waals surface area contributed by atoms with E-state index in [1.54, 1.807) is 0 Å². The molecule has 1 aromatic carbocycles. The molecule has 5 heteroatoms. The Morgan fingerprint density at radius 3 is 2.92 bits per heavy atom. The highest BCUT2D eigenvalue weighted by Crippen LogP contribution is 2.35. The standard InChI is InChI=1S/C19H19ClN2O2/c1-13-11-19(24-21-13)17-7-4-10-22(17)12-14-8-9-18(23-14)15-5-2-3-6-16(15)20/h2-3,5-6,8-9,11,17H,4,7,10,12H2,1H3. The summed E-state index contributed by atoms with van der Waals surface area (Å²) in [6, 6.07) is 14.1. The maximum absolute atomic E-state index is 6.25. The van der Waals surface area contributed by atoms with E-state index in [-0.39, 0.29) is 6.04 Å². The minimum atomic E-state index is 0.278. The van der Waals surface area contributed by atoms with Crippen molar-refractivity contribution in [3.63, 3.8) is 0 Å². The Hall–Kier alpha value is -2.04. The van der Waals surface area contributed by atoms with Gasteiger partial charge in [0.05, 0.1) is 23.3 Å². The predicted molar refractivity (Wildman–Crippen MR) is 92.8 cm³/mol. The second-order valence-corrected chi connectivity index (χ2v) is 6.65. The third-order valence-electron chi connectivity index (χ3n) is 4.50. The fraction of sp³-hybridized carbons (Fsp3) is 0.316. The molecule has 1 unspecified atom stereocenters. The van der Waals surface area contributed by atoms with Crippen molar-refractivity contribution in [3.8, 4) is 11.3 Å². The first-order valence-corrected chi connectivity index (χ1v) is 8.59. The van der Waals surface area contributed by atoms with E-state index in [0.717, 1.165) is 54.5 Å². The number of nitrogens with zero attached hydrogens (tertiary/aromatic N) is 2. The summed E-state index contributed by atoms with van der Waals surface area (Å²) < 4.78 is 11.5. The smallest absolute Gasteiger partial charge is 0.154 e. The molecule has 24 heavy (non-hydrogen) atoms. The zero-order valence-corrected chi connectivity index (χ0v) is 14.3. The largest absolute Gasteiger partial charge is 0.460 e. The number of halogens is 1. The third-order valence-corrected chi connectivity index (χ3v) is 4.83. The van der Waals surface area contributed by atoms with E-state index in [0.29, 0.717) is 5.02 Å². The highest BCUT2D eigenvalue weighted by molar-refractivity contribution is 6.33. The number of benzene rings is 1. The molecule has 4 nitrogen and oxygen atoms in total. The number of furan rings is 1. The summed E-state index contributed by atoms with van der Waals surface area (Å²) in [5.74, 6) is 2.69. The zero-order valence-electron chi connectivity index (χ0n) is 13.5. The lowest BCUT2D eigenvalue weighted by atomic mass is 10.1. The monoisotopic (exact) mass is 342 g/mol. The van der Waals surface area contributed by atoms with Crippen molar-refractivity contribution >= 4 is 11.6 Å². The molecule has 1 aliphatic heterocycles. The Bertz CT molecular complexity index is 839. The molecule has 0 amide bonds. The summed E-state index contributed by atoms with van der Waals surface area (Å²) in [7, 11) is 0. The molecular formula is C19H19ClN2O2. The lowest BCUT2D eigenvalue weighted by Crippen LogP contribution is -2.22. The quantitative estimate of drug-likeness (QED) is 0.650. The maximum Gasteiger partial charge on any atom is 0.154 e. The summed E-state index contributed by atoms with van der Waals surface area (Å²) in [5.41, 5.74) is 1.85. The van der Waals surface area contributed by atoms with Gasteiger partial charge in [0.15, 0.2) is 5.76 Å². The molecule has 1 fully saturated rings. The van der Waals surface area contributed by atoms with Crippen molar-refractivity contribution in [2.24, 2.45) is 0 Å². The van der Waals surface area contributed by atoms with Gasteiger partial charge in [-0.05, 0) is 50.6 Å².